The molecule has 0 aliphatic rings. The maximum absolute atomic E-state index is 7.26. The molecular formula is C36H58Cl2GeO2. The van der Waals surface area contributed by atoms with Crippen molar-refractivity contribution in [3.8, 4) is 11.5 Å². The Bertz CT molecular complexity index is 1080. The molecule has 0 spiro atoms. The van der Waals surface area contributed by atoms with Gasteiger partial charge in [-0.3, -0.25) is 0 Å². The van der Waals surface area contributed by atoms with E-state index in [0.717, 1.165) is 33.8 Å². The van der Waals surface area contributed by atoms with Crippen molar-refractivity contribution in [1.29, 1.82) is 0 Å². The van der Waals surface area contributed by atoms with E-state index in [1.54, 1.807) is 0 Å². The Balaban J connectivity index is 2.89. The van der Waals surface area contributed by atoms with E-state index >= 15 is 0 Å². The number of halogens is 2. The van der Waals surface area contributed by atoms with Gasteiger partial charge >= 0.3 is 266 Å². The number of benzene rings is 2. The summed E-state index contributed by atoms with van der Waals surface area (Å²) in [6, 6.07) is 9.10. The Labute approximate surface area is 264 Å². The molecule has 0 saturated heterocycles. The first-order chi connectivity index (χ1) is 17.9. The molecule has 0 fully saturated rings. The molecule has 0 radical (unpaired) electrons. The number of hydrogen-bond acceptors (Lipinski definition) is 2. The molecule has 232 valence electrons. The molecule has 0 heterocycles. The summed E-state index contributed by atoms with van der Waals surface area (Å²) in [6.07, 6.45) is 0. The first-order valence-electron chi connectivity index (χ1n) is 15.0. The Morgan fingerprint density at radius 1 is 0.390 bits per heavy atom. The Kier molecular flexibility index (Phi) is 9.99. The van der Waals surface area contributed by atoms with Crippen LogP contribution in [-0.2, 0) is 32.5 Å². The van der Waals surface area contributed by atoms with Crippen LogP contribution in [0.1, 0.15) is 158 Å². The average Bonchev–Trinajstić information content (AvgIpc) is 2.68. The van der Waals surface area contributed by atoms with E-state index in [9.17, 15) is 0 Å². The van der Waals surface area contributed by atoms with Crippen LogP contribution in [-0.4, -0.2) is 12.1 Å². The fourth-order valence-electron chi connectivity index (χ4n) is 4.83. The standard InChI is InChI=1S/C36H58Cl2GeO2/c1-31(2,3)23-19-25(33(7,8)9)29(26(20-23)34(10,11)12)40-39(37,38)41-30-27(35(13,14)15)21-24(32(4,5)6)22-28(30)36(16,17)18/h19-22H,1-18H3. The van der Waals surface area contributed by atoms with Gasteiger partial charge in [-0.05, 0) is 0 Å². The van der Waals surface area contributed by atoms with Crippen molar-refractivity contribution in [2.24, 2.45) is 0 Å². The zero-order valence-electron chi connectivity index (χ0n) is 29.4. The summed E-state index contributed by atoms with van der Waals surface area (Å²) in [7, 11) is 14.5. The fraction of sp³-hybridized carbons (Fsp3) is 0.667. The molecule has 5 heteroatoms. The van der Waals surface area contributed by atoms with Crippen LogP contribution < -0.4 is 7.53 Å². The summed E-state index contributed by atoms with van der Waals surface area (Å²) in [6.45, 7) is 40.1. The predicted molar refractivity (Wildman–Crippen MR) is 184 cm³/mol. The van der Waals surface area contributed by atoms with Crippen LogP contribution in [0.5, 0.6) is 11.5 Å². The second kappa shape index (κ2) is 11.3. The van der Waals surface area contributed by atoms with Gasteiger partial charge in [-0.15, -0.1) is 0 Å². The molecule has 2 nitrogen and oxygen atoms in total. The molecule has 0 bridgehead atoms. The van der Waals surface area contributed by atoms with Gasteiger partial charge in [0, 0.05) is 0 Å². The maximum atomic E-state index is 7.26. The van der Waals surface area contributed by atoms with E-state index in [4.69, 9.17) is 27.5 Å². The van der Waals surface area contributed by atoms with Gasteiger partial charge in [-0.1, -0.05) is 0 Å². The van der Waals surface area contributed by atoms with Gasteiger partial charge in [-0.25, -0.2) is 0 Å². The van der Waals surface area contributed by atoms with Crippen molar-refractivity contribution in [2.75, 3.05) is 0 Å². The average molecular weight is 666 g/mol. The van der Waals surface area contributed by atoms with Gasteiger partial charge < -0.3 is 0 Å². The summed E-state index contributed by atoms with van der Waals surface area (Å²) >= 11 is -4.45. The van der Waals surface area contributed by atoms with E-state index in [0.29, 0.717) is 0 Å². The van der Waals surface area contributed by atoms with E-state index in [2.05, 4.69) is 149 Å². The van der Waals surface area contributed by atoms with Crippen molar-refractivity contribution in [1.82, 2.24) is 0 Å². The zero-order valence-corrected chi connectivity index (χ0v) is 33.0. The van der Waals surface area contributed by atoms with Gasteiger partial charge in [0.25, 0.3) is 0 Å². The van der Waals surface area contributed by atoms with Gasteiger partial charge in [0.15, 0.2) is 0 Å². The second-order valence-electron chi connectivity index (χ2n) is 18.0. The quantitative estimate of drug-likeness (QED) is 0.303. The van der Waals surface area contributed by atoms with Gasteiger partial charge in [-0.2, -0.15) is 0 Å². The first kappa shape index (κ1) is 36.4. The molecule has 0 unspecified atom stereocenters. The van der Waals surface area contributed by atoms with E-state index < -0.39 is 12.1 Å². The molecule has 0 aliphatic heterocycles. The van der Waals surface area contributed by atoms with Crippen LogP contribution >= 0.6 is 20.0 Å². The van der Waals surface area contributed by atoms with Crippen molar-refractivity contribution >= 4 is 32.1 Å². The molecule has 0 N–H and O–H groups in total. The van der Waals surface area contributed by atoms with Crippen molar-refractivity contribution in [3.63, 3.8) is 0 Å². The van der Waals surface area contributed by atoms with E-state index in [1.165, 1.54) is 11.1 Å². The molecule has 2 aromatic carbocycles. The van der Waals surface area contributed by atoms with E-state index in [-0.39, 0.29) is 32.5 Å². The van der Waals surface area contributed by atoms with Gasteiger partial charge in [0.05, 0.1) is 0 Å². The van der Waals surface area contributed by atoms with Crippen LogP contribution in [0.4, 0.5) is 0 Å². The van der Waals surface area contributed by atoms with Crippen LogP contribution in [0.25, 0.3) is 0 Å². The molecule has 0 atom stereocenters. The third-order valence-corrected chi connectivity index (χ3v) is 11.0. The van der Waals surface area contributed by atoms with Gasteiger partial charge in [0.2, 0.25) is 0 Å². The molecule has 0 amide bonds. The van der Waals surface area contributed by atoms with Gasteiger partial charge in [0.1, 0.15) is 0 Å². The number of hydrogen-bond donors (Lipinski definition) is 0. The van der Waals surface area contributed by atoms with Crippen LogP contribution in [0.2, 0.25) is 0 Å². The third kappa shape index (κ3) is 9.08. The van der Waals surface area contributed by atoms with E-state index in [1.807, 2.05) is 0 Å². The topological polar surface area (TPSA) is 18.5 Å². The molecule has 0 aromatic heterocycles. The van der Waals surface area contributed by atoms with Crippen molar-refractivity contribution in [2.45, 2.75) is 157 Å². The Morgan fingerprint density at radius 3 is 0.732 bits per heavy atom. The second-order valence-corrected chi connectivity index (χ2v) is 26.9. The summed E-state index contributed by atoms with van der Waals surface area (Å²) < 4.78 is 13.6. The summed E-state index contributed by atoms with van der Waals surface area (Å²) in [4.78, 5) is 0. The Morgan fingerprint density at radius 2 is 0.585 bits per heavy atom. The summed E-state index contributed by atoms with van der Waals surface area (Å²) in [5.41, 5.74) is 6.14. The van der Waals surface area contributed by atoms with Crippen LogP contribution in [0, 0.1) is 0 Å². The zero-order chi connectivity index (χ0) is 32.4. The van der Waals surface area contributed by atoms with Crippen LogP contribution in [0.15, 0.2) is 24.3 Å². The predicted octanol–water partition coefficient (Wildman–Crippen LogP) is 11.8. The van der Waals surface area contributed by atoms with Crippen LogP contribution in [0.3, 0.4) is 0 Å². The first-order valence-corrected chi connectivity index (χ1v) is 22.2. The monoisotopic (exact) mass is 666 g/mol. The van der Waals surface area contributed by atoms with Crippen molar-refractivity contribution in [3.05, 3.63) is 57.6 Å². The minimum atomic E-state index is -4.45. The molecular weight excluding hydrogens is 608 g/mol. The number of rotatable bonds is 4. The molecule has 2 aromatic rings. The molecule has 0 aliphatic carbocycles. The summed E-state index contributed by atoms with van der Waals surface area (Å²) in [5, 5.41) is 0. The third-order valence-electron chi connectivity index (χ3n) is 7.58. The van der Waals surface area contributed by atoms with Crippen molar-refractivity contribution < 1.29 is 7.53 Å². The SMILES string of the molecule is CC(C)(C)c1cc(C(C)(C)C)c([O][Ge]([Cl])([Cl])[O]c2c(C(C)(C)C)cc(C(C)(C)C)cc2C(C)(C)C)c(C(C)(C)C)c1. The molecule has 2 rings (SSSR count). The fourth-order valence-corrected chi connectivity index (χ4v) is 8.44. The molecule has 41 heavy (non-hydrogen) atoms. The summed E-state index contributed by atoms with van der Waals surface area (Å²) in [5.74, 6) is 1.54. The normalized spacial score (nSPS) is 14.3. The molecule has 0 saturated carbocycles. The Hall–Kier alpha value is -0.837. The minimum absolute atomic E-state index is 0.0203.